The fraction of sp³-hybridized carbons (Fsp3) is 0.600. The molecule has 26 heavy (non-hydrogen) atoms. The largest absolute Gasteiger partial charge is 0.472 e. The lowest BCUT2D eigenvalue weighted by Gasteiger charge is -2.53. The third-order valence-electron chi connectivity index (χ3n) is 7.59. The van der Waals surface area contributed by atoms with Crippen LogP contribution in [-0.4, -0.2) is 29.3 Å². The minimum Gasteiger partial charge on any atom is -0.472 e. The molecule has 0 unspecified atom stereocenters. The molecule has 2 saturated heterocycles. The van der Waals surface area contributed by atoms with Crippen LogP contribution < -0.4 is 0 Å². The highest BCUT2D eigenvalue weighted by Gasteiger charge is 2.74. The predicted molar refractivity (Wildman–Crippen MR) is 88.6 cm³/mol. The van der Waals surface area contributed by atoms with Crippen LogP contribution in [0.4, 0.5) is 0 Å². The summed E-state index contributed by atoms with van der Waals surface area (Å²) >= 11 is 0. The molecule has 1 aromatic rings. The fourth-order valence-electron chi connectivity index (χ4n) is 6.15. The topological polar surface area (TPSA) is 86.0 Å². The van der Waals surface area contributed by atoms with Gasteiger partial charge < -0.3 is 19.0 Å². The summed E-state index contributed by atoms with van der Waals surface area (Å²) in [7, 11) is 0. The molecule has 6 atom stereocenters. The molecule has 138 valence electrons. The van der Waals surface area contributed by atoms with Gasteiger partial charge in [-0.05, 0) is 31.2 Å². The molecule has 2 aliphatic heterocycles. The molecule has 4 aliphatic rings. The summed E-state index contributed by atoms with van der Waals surface area (Å²) < 4.78 is 16.0. The van der Waals surface area contributed by atoms with Gasteiger partial charge in [0.2, 0.25) is 0 Å². The van der Waals surface area contributed by atoms with E-state index >= 15 is 0 Å². The minimum atomic E-state index is -1.48. The van der Waals surface area contributed by atoms with Gasteiger partial charge in [0.25, 0.3) is 0 Å². The van der Waals surface area contributed by atoms with Gasteiger partial charge in [0.05, 0.1) is 19.1 Å². The number of esters is 2. The lowest BCUT2D eigenvalue weighted by atomic mass is 9.52. The highest BCUT2D eigenvalue weighted by atomic mass is 16.6. The van der Waals surface area contributed by atoms with Crippen molar-refractivity contribution in [3.05, 3.63) is 35.8 Å². The molecule has 1 aromatic heterocycles. The molecule has 1 N–H and O–H groups in total. The summed E-state index contributed by atoms with van der Waals surface area (Å²) in [6.45, 7) is 4.29. The fourth-order valence-corrected chi connectivity index (χ4v) is 6.15. The van der Waals surface area contributed by atoms with Gasteiger partial charge in [0.15, 0.2) is 5.60 Å². The number of aliphatic hydroxyl groups is 1. The number of cyclic esters (lactones) is 2. The highest BCUT2D eigenvalue weighted by molar-refractivity contribution is 5.92. The number of hydrogen-bond donors (Lipinski definition) is 1. The number of furan rings is 1. The Hall–Kier alpha value is -2.08. The molecule has 0 radical (unpaired) electrons. The van der Waals surface area contributed by atoms with Crippen LogP contribution in [0.2, 0.25) is 0 Å². The molecular weight excluding hydrogens is 336 g/mol. The van der Waals surface area contributed by atoms with Crippen molar-refractivity contribution < 1.29 is 28.6 Å². The molecule has 3 heterocycles. The van der Waals surface area contributed by atoms with E-state index in [9.17, 15) is 14.7 Å². The average Bonchev–Trinajstić information content (AvgIpc) is 3.26. The van der Waals surface area contributed by atoms with E-state index in [0.717, 1.165) is 5.56 Å². The van der Waals surface area contributed by atoms with Gasteiger partial charge in [0.1, 0.15) is 6.10 Å². The Balaban J connectivity index is 1.60. The van der Waals surface area contributed by atoms with Crippen molar-refractivity contribution in [1.29, 1.82) is 0 Å². The van der Waals surface area contributed by atoms with Gasteiger partial charge in [0, 0.05) is 27.9 Å². The molecule has 5 rings (SSSR count). The van der Waals surface area contributed by atoms with Crippen molar-refractivity contribution in [2.45, 2.75) is 44.8 Å². The summed E-state index contributed by atoms with van der Waals surface area (Å²) in [5.74, 6) is -1.05. The summed E-state index contributed by atoms with van der Waals surface area (Å²) in [4.78, 5) is 25.2. The van der Waals surface area contributed by atoms with Crippen LogP contribution in [0.15, 0.2) is 34.7 Å². The van der Waals surface area contributed by atoms with Crippen molar-refractivity contribution in [2.24, 2.45) is 22.7 Å². The van der Waals surface area contributed by atoms with E-state index in [4.69, 9.17) is 13.9 Å². The van der Waals surface area contributed by atoms with Gasteiger partial charge in [-0.1, -0.05) is 19.9 Å². The first-order valence-electron chi connectivity index (χ1n) is 9.14. The molecule has 0 spiro atoms. The lowest BCUT2D eigenvalue weighted by Crippen LogP contribution is -2.57. The number of carbonyl (C=O) groups is 2. The van der Waals surface area contributed by atoms with E-state index in [1.54, 1.807) is 12.5 Å². The van der Waals surface area contributed by atoms with Gasteiger partial charge >= 0.3 is 11.9 Å². The molecule has 3 fully saturated rings. The van der Waals surface area contributed by atoms with Crippen LogP contribution >= 0.6 is 0 Å². The molecule has 6 heteroatoms. The zero-order chi connectivity index (χ0) is 18.3. The Kier molecular flexibility index (Phi) is 2.97. The van der Waals surface area contributed by atoms with Crippen molar-refractivity contribution in [1.82, 2.24) is 0 Å². The van der Waals surface area contributed by atoms with E-state index in [1.807, 2.05) is 19.1 Å². The van der Waals surface area contributed by atoms with Gasteiger partial charge in [-0.2, -0.15) is 0 Å². The van der Waals surface area contributed by atoms with E-state index in [2.05, 4.69) is 6.92 Å². The first kappa shape index (κ1) is 16.1. The van der Waals surface area contributed by atoms with Crippen molar-refractivity contribution in [3.8, 4) is 0 Å². The zero-order valence-electron chi connectivity index (χ0n) is 14.9. The number of ether oxygens (including phenoxy) is 2. The third-order valence-corrected chi connectivity index (χ3v) is 7.59. The Morgan fingerprint density at radius 2 is 2.08 bits per heavy atom. The minimum absolute atomic E-state index is 0.0000935. The SMILES string of the molecule is C[C@@]12C[C@H](c3ccoc3)OC(=O)C1=CC[C@]1(C)[C@H]2C[C@H]2COC(=O)[C@]21O. The normalized spacial score (nSPS) is 46.7. The van der Waals surface area contributed by atoms with E-state index in [0.29, 0.717) is 24.8 Å². The Bertz CT molecular complexity index is 825. The second-order valence-electron chi connectivity index (χ2n) is 8.66. The van der Waals surface area contributed by atoms with Gasteiger partial charge in [-0.3, -0.25) is 0 Å². The highest BCUT2D eigenvalue weighted by Crippen LogP contribution is 2.69. The van der Waals surface area contributed by atoms with Crippen LogP contribution in [0.5, 0.6) is 0 Å². The summed E-state index contributed by atoms with van der Waals surface area (Å²) in [5, 5.41) is 11.3. The van der Waals surface area contributed by atoms with Crippen LogP contribution in [-0.2, 0) is 19.1 Å². The molecule has 0 amide bonds. The zero-order valence-corrected chi connectivity index (χ0v) is 14.9. The van der Waals surface area contributed by atoms with Crippen LogP contribution in [0, 0.1) is 22.7 Å². The average molecular weight is 358 g/mol. The maximum atomic E-state index is 12.7. The second-order valence-corrected chi connectivity index (χ2v) is 8.66. The van der Waals surface area contributed by atoms with E-state index in [-0.39, 0.29) is 30.5 Å². The standard InChI is InChI=1S/C20H22O6/c1-18-8-14(11-4-6-24-9-11)26-16(21)13(18)3-5-19(2)15(18)7-12-10-25-17(22)20(12,19)23/h3-4,6,9,12,14-15,23H,5,7-8,10H2,1-2H3/t12-,14+,15-,18+,19+,20+/m0/s1. The Labute approximate surface area is 151 Å². The Morgan fingerprint density at radius 3 is 2.81 bits per heavy atom. The second kappa shape index (κ2) is 4.80. The first-order chi connectivity index (χ1) is 12.3. The number of hydrogen-bond acceptors (Lipinski definition) is 6. The quantitative estimate of drug-likeness (QED) is 0.777. The van der Waals surface area contributed by atoms with Crippen LogP contribution in [0.25, 0.3) is 0 Å². The first-order valence-corrected chi connectivity index (χ1v) is 9.14. The lowest BCUT2D eigenvalue weighted by molar-refractivity contribution is -0.174. The maximum absolute atomic E-state index is 12.7. The van der Waals surface area contributed by atoms with Crippen molar-refractivity contribution in [3.63, 3.8) is 0 Å². The van der Waals surface area contributed by atoms with Gasteiger partial charge in [-0.15, -0.1) is 0 Å². The molecule has 0 bridgehead atoms. The summed E-state index contributed by atoms with van der Waals surface area (Å²) in [5.41, 5.74) is -1.08. The smallest absolute Gasteiger partial charge is 0.339 e. The number of carbonyl (C=O) groups excluding carboxylic acids is 2. The summed E-state index contributed by atoms with van der Waals surface area (Å²) in [6, 6.07) is 1.81. The van der Waals surface area contributed by atoms with E-state index in [1.165, 1.54) is 0 Å². The summed E-state index contributed by atoms with van der Waals surface area (Å²) in [6.07, 6.45) is 6.41. The number of rotatable bonds is 1. The molecule has 2 aliphatic carbocycles. The Morgan fingerprint density at radius 1 is 1.27 bits per heavy atom. The molecule has 6 nitrogen and oxygen atoms in total. The third kappa shape index (κ3) is 1.66. The molecule has 1 saturated carbocycles. The maximum Gasteiger partial charge on any atom is 0.339 e. The molecule has 0 aromatic carbocycles. The van der Waals surface area contributed by atoms with Gasteiger partial charge in [-0.25, -0.2) is 9.59 Å². The van der Waals surface area contributed by atoms with E-state index < -0.39 is 22.4 Å². The molecular formula is C20H22O6. The number of fused-ring (bicyclic) bond motifs is 5. The monoisotopic (exact) mass is 358 g/mol. The number of allylic oxidation sites excluding steroid dienone is 1. The predicted octanol–water partition coefficient (Wildman–Crippen LogP) is 2.53. The van der Waals surface area contributed by atoms with Crippen molar-refractivity contribution >= 4 is 11.9 Å². The van der Waals surface area contributed by atoms with Crippen LogP contribution in [0.3, 0.4) is 0 Å². The van der Waals surface area contributed by atoms with Crippen molar-refractivity contribution in [2.75, 3.05) is 6.61 Å². The van der Waals surface area contributed by atoms with Crippen LogP contribution in [0.1, 0.15) is 44.8 Å².